The third-order valence-electron chi connectivity index (χ3n) is 6.07. The maximum absolute atomic E-state index is 12.2. The molecule has 0 amide bonds. The summed E-state index contributed by atoms with van der Waals surface area (Å²) in [5.41, 5.74) is -1.84. The molecule has 0 saturated carbocycles. The molecule has 0 bridgehead atoms. The molecule has 0 aliphatic rings. The van der Waals surface area contributed by atoms with Crippen LogP contribution in [0.2, 0.25) is 0 Å². The maximum Gasteiger partial charge on any atom is 0.321 e. The molecule has 0 fully saturated rings. The van der Waals surface area contributed by atoms with Crippen molar-refractivity contribution in [1.82, 2.24) is 0 Å². The van der Waals surface area contributed by atoms with Crippen LogP contribution >= 0.6 is 0 Å². The Balaban J connectivity index is 2.09. The summed E-state index contributed by atoms with van der Waals surface area (Å²) in [6, 6.07) is 24.5. The summed E-state index contributed by atoms with van der Waals surface area (Å²) in [5, 5.41) is 45.2. The molecule has 0 radical (unpaired) electrons. The second-order valence-corrected chi connectivity index (χ2v) is 7.77. The lowest BCUT2D eigenvalue weighted by Gasteiger charge is -2.39. The highest BCUT2D eigenvalue weighted by Crippen LogP contribution is 2.47. The minimum atomic E-state index is -2.45. The van der Waals surface area contributed by atoms with E-state index < -0.39 is 36.0 Å². The average molecular weight is 430 g/mol. The van der Waals surface area contributed by atoms with Crippen LogP contribution in [0.15, 0.2) is 84.9 Å². The maximum atomic E-state index is 12.2. The van der Waals surface area contributed by atoms with E-state index in [1.54, 1.807) is 60.7 Å². The molecule has 4 aromatic carbocycles. The van der Waals surface area contributed by atoms with Gasteiger partial charge in [0.15, 0.2) is 5.92 Å². The Bertz CT molecular complexity index is 1290. The average Bonchev–Trinajstić information content (AvgIpc) is 2.78. The fraction of sp³-hybridized carbons (Fsp3) is 0.154. The molecule has 4 N–H and O–H groups in total. The largest absolute Gasteiger partial charge is 0.481 e. The SMILES string of the molecule is O=C(O)C(C(=O)O)C(O)(c1cccc2ccccc12)C(CO)c1cccc2ccccc12. The fourth-order valence-corrected chi connectivity index (χ4v) is 4.63. The molecule has 0 aliphatic carbocycles. The number of aliphatic hydroxyl groups is 2. The third-order valence-corrected chi connectivity index (χ3v) is 6.07. The lowest BCUT2D eigenvalue weighted by atomic mass is 9.68. The Hall–Kier alpha value is -3.74. The molecule has 6 nitrogen and oxygen atoms in total. The van der Waals surface area contributed by atoms with Crippen molar-refractivity contribution in [3.8, 4) is 0 Å². The van der Waals surface area contributed by atoms with E-state index in [9.17, 15) is 30.0 Å². The van der Waals surface area contributed by atoms with Gasteiger partial charge < -0.3 is 20.4 Å². The standard InChI is InChI=1S/C26H22O6/c27-15-22(20-13-5-9-16-7-1-3-11-18(16)20)26(32,23(24(28)29)25(30)31)21-14-6-10-17-8-2-4-12-19(17)21/h1-14,22-23,27,32H,15H2,(H,28,29)(H,30,31). The summed E-state index contributed by atoms with van der Waals surface area (Å²) >= 11 is 0. The van der Waals surface area contributed by atoms with E-state index in [4.69, 9.17) is 0 Å². The highest BCUT2D eigenvalue weighted by atomic mass is 16.4. The summed E-state index contributed by atoms with van der Waals surface area (Å²) in [5.74, 6) is -6.82. The predicted octanol–water partition coefficient (Wildman–Crippen LogP) is 3.74. The topological polar surface area (TPSA) is 115 Å². The number of aliphatic carboxylic acids is 2. The first kappa shape index (κ1) is 21.5. The summed E-state index contributed by atoms with van der Waals surface area (Å²) < 4.78 is 0. The summed E-state index contributed by atoms with van der Waals surface area (Å²) in [7, 11) is 0. The summed E-state index contributed by atoms with van der Waals surface area (Å²) in [6.45, 7) is -0.662. The van der Waals surface area contributed by atoms with Gasteiger partial charge >= 0.3 is 11.9 Å². The van der Waals surface area contributed by atoms with Crippen molar-refractivity contribution in [2.45, 2.75) is 11.5 Å². The number of carboxylic acid groups (broad SMARTS) is 2. The normalized spacial score (nSPS) is 14.3. The predicted molar refractivity (Wildman–Crippen MR) is 120 cm³/mol. The lowest BCUT2D eigenvalue weighted by molar-refractivity contribution is -0.172. The molecule has 0 saturated heterocycles. The molecule has 32 heavy (non-hydrogen) atoms. The van der Waals surface area contributed by atoms with Crippen molar-refractivity contribution in [3.05, 3.63) is 96.1 Å². The van der Waals surface area contributed by atoms with Gasteiger partial charge in [-0.3, -0.25) is 9.59 Å². The van der Waals surface area contributed by atoms with E-state index in [1.165, 1.54) is 6.07 Å². The number of carboxylic acids is 2. The van der Waals surface area contributed by atoms with Crippen LogP contribution in [-0.2, 0) is 15.2 Å². The van der Waals surface area contributed by atoms with E-state index in [0.717, 1.165) is 5.39 Å². The number of benzene rings is 4. The monoisotopic (exact) mass is 430 g/mol. The molecule has 2 atom stereocenters. The number of hydrogen-bond acceptors (Lipinski definition) is 4. The van der Waals surface area contributed by atoms with E-state index in [1.807, 2.05) is 18.2 Å². The minimum absolute atomic E-state index is 0.136. The second-order valence-electron chi connectivity index (χ2n) is 7.77. The van der Waals surface area contributed by atoms with Crippen LogP contribution in [0.1, 0.15) is 17.0 Å². The van der Waals surface area contributed by atoms with Crippen molar-refractivity contribution in [2.75, 3.05) is 6.61 Å². The lowest BCUT2D eigenvalue weighted by Crippen LogP contribution is -2.50. The molecule has 0 aromatic heterocycles. The Morgan fingerprint density at radius 3 is 1.81 bits per heavy atom. The van der Waals surface area contributed by atoms with Crippen LogP contribution in [0, 0.1) is 5.92 Å². The molecule has 4 aromatic rings. The van der Waals surface area contributed by atoms with Crippen molar-refractivity contribution in [3.63, 3.8) is 0 Å². The first-order chi connectivity index (χ1) is 15.4. The molecule has 0 spiro atoms. The molecule has 0 heterocycles. The van der Waals surface area contributed by atoms with E-state index in [2.05, 4.69) is 0 Å². The summed E-state index contributed by atoms with van der Waals surface area (Å²) in [6.07, 6.45) is 0. The van der Waals surface area contributed by atoms with E-state index in [0.29, 0.717) is 21.7 Å². The zero-order valence-electron chi connectivity index (χ0n) is 17.1. The quantitative estimate of drug-likeness (QED) is 0.332. The van der Waals surface area contributed by atoms with Crippen LogP contribution < -0.4 is 0 Å². The molecule has 2 unspecified atom stereocenters. The van der Waals surface area contributed by atoms with Gasteiger partial charge in [-0.2, -0.15) is 0 Å². The highest BCUT2D eigenvalue weighted by molar-refractivity contribution is 5.97. The van der Waals surface area contributed by atoms with E-state index in [-0.39, 0.29) is 5.56 Å². The van der Waals surface area contributed by atoms with Gasteiger partial charge in [0.05, 0.1) is 6.61 Å². The third kappa shape index (κ3) is 3.39. The zero-order valence-corrected chi connectivity index (χ0v) is 17.1. The molecule has 162 valence electrons. The first-order valence-corrected chi connectivity index (χ1v) is 10.1. The molecule has 0 aliphatic heterocycles. The van der Waals surface area contributed by atoms with Gasteiger partial charge in [-0.25, -0.2) is 0 Å². The summed E-state index contributed by atoms with van der Waals surface area (Å²) in [4.78, 5) is 24.4. The van der Waals surface area contributed by atoms with Crippen molar-refractivity contribution < 1.29 is 30.0 Å². The van der Waals surface area contributed by atoms with Crippen molar-refractivity contribution >= 4 is 33.5 Å². The highest BCUT2D eigenvalue weighted by Gasteiger charge is 2.54. The molecular weight excluding hydrogens is 408 g/mol. The molecule has 4 rings (SSSR count). The van der Waals surface area contributed by atoms with Gasteiger partial charge in [0.25, 0.3) is 0 Å². The van der Waals surface area contributed by atoms with E-state index >= 15 is 0 Å². The van der Waals surface area contributed by atoms with Crippen LogP contribution in [0.5, 0.6) is 0 Å². The molecular formula is C26H22O6. The fourth-order valence-electron chi connectivity index (χ4n) is 4.63. The van der Waals surface area contributed by atoms with Gasteiger partial charge in [-0.05, 0) is 32.7 Å². The second kappa shape index (κ2) is 8.42. The first-order valence-electron chi connectivity index (χ1n) is 10.1. The Labute approximate surface area is 184 Å². The van der Waals surface area contributed by atoms with Gasteiger partial charge in [-0.1, -0.05) is 84.9 Å². The number of carbonyl (C=O) groups is 2. The van der Waals surface area contributed by atoms with Crippen LogP contribution in [0.4, 0.5) is 0 Å². The Kier molecular flexibility index (Phi) is 5.65. The van der Waals surface area contributed by atoms with Gasteiger partial charge in [0.1, 0.15) is 5.60 Å². The Morgan fingerprint density at radius 2 is 1.22 bits per heavy atom. The number of aliphatic hydroxyl groups excluding tert-OH is 1. The Morgan fingerprint density at radius 1 is 0.719 bits per heavy atom. The number of hydrogen-bond donors (Lipinski definition) is 4. The van der Waals surface area contributed by atoms with Gasteiger partial charge in [0.2, 0.25) is 0 Å². The smallest absolute Gasteiger partial charge is 0.321 e. The van der Waals surface area contributed by atoms with Gasteiger partial charge in [-0.15, -0.1) is 0 Å². The number of fused-ring (bicyclic) bond motifs is 2. The molecule has 6 heteroatoms. The van der Waals surface area contributed by atoms with Crippen LogP contribution in [0.3, 0.4) is 0 Å². The zero-order chi connectivity index (χ0) is 22.9. The van der Waals surface area contributed by atoms with Crippen LogP contribution in [-0.4, -0.2) is 39.0 Å². The number of rotatable bonds is 7. The van der Waals surface area contributed by atoms with Crippen LogP contribution in [0.25, 0.3) is 21.5 Å². The van der Waals surface area contributed by atoms with Crippen molar-refractivity contribution in [1.29, 1.82) is 0 Å². The van der Waals surface area contributed by atoms with Crippen molar-refractivity contribution in [2.24, 2.45) is 5.92 Å². The minimum Gasteiger partial charge on any atom is -0.481 e. The van der Waals surface area contributed by atoms with Gasteiger partial charge in [0, 0.05) is 5.92 Å².